The van der Waals surface area contributed by atoms with Gasteiger partial charge in [0.1, 0.15) is 0 Å². The lowest BCUT2D eigenvalue weighted by atomic mass is 10.1. The number of nitrogens with zero attached hydrogens (tertiary/aromatic N) is 3. The Bertz CT molecular complexity index is 219. The van der Waals surface area contributed by atoms with Crippen LogP contribution in [-0.4, -0.2) is 67.0 Å². The lowest BCUT2D eigenvalue weighted by Crippen LogP contribution is -2.60. The van der Waals surface area contributed by atoms with Gasteiger partial charge in [-0.3, -0.25) is 0 Å². The first kappa shape index (κ1) is 8.81. The lowest BCUT2D eigenvalue weighted by Gasteiger charge is -2.45. The maximum absolute atomic E-state index is 11.7. The lowest BCUT2D eigenvalue weighted by molar-refractivity contribution is 0.0600. The molecule has 0 spiro atoms. The number of fused-ring (bicyclic) bond motifs is 1. The van der Waals surface area contributed by atoms with Gasteiger partial charge in [0.15, 0.2) is 0 Å². The summed E-state index contributed by atoms with van der Waals surface area (Å²) in [6.45, 7) is 3.85. The number of amides is 2. The summed E-state index contributed by atoms with van der Waals surface area (Å²) in [4.78, 5) is 17.8. The largest absolute Gasteiger partial charge is 0.328 e. The molecule has 0 radical (unpaired) electrons. The molecule has 0 N–H and O–H groups in total. The molecule has 0 aliphatic carbocycles. The van der Waals surface area contributed by atoms with Crippen molar-refractivity contribution >= 4 is 6.03 Å². The maximum atomic E-state index is 11.7. The van der Waals surface area contributed by atoms with E-state index in [2.05, 4.69) is 11.9 Å². The number of urea groups is 1. The summed E-state index contributed by atoms with van der Waals surface area (Å²) >= 11 is 0. The van der Waals surface area contributed by atoms with E-state index in [0.29, 0.717) is 6.04 Å². The Hall–Kier alpha value is -0.770. The van der Waals surface area contributed by atoms with E-state index in [1.165, 1.54) is 0 Å². The van der Waals surface area contributed by atoms with Gasteiger partial charge in [-0.1, -0.05) is 0 Å². The molecule has 4 nitrogen and oxygen atoms in total. The molecule has 0 aromatic rings. The summed E-state index contributed by atoms with van der Waals surface area (Å²) in [5, 5.41) is 0. The first-order valence-electron chi connectivity index (χ1n) is 4.89. The Balaban J connectivity index is 2.06. The average Bonchev–Trinajstić information content (AvgIpc) is 2.12. The smallest absolute Gasteiger partial charge is 0.320 e. The van der Waals surface area contributed by atoms with Crippen LogP contribution < -0.4 is 0 Å². The molecular weight excluding hydrogens is 166 g/mol. The van der Waals surface area contributed by atoms with E-state index in [9.17, 15) is 4.79 Å². The van der Waals surface area contributed by atoms with E-state index in [4.69, 9.17) is 0 Å². The van der Waals surface area contributed by atoms with Gasteiger partial charge in [-0.15, -0.1) is 0 Å². The van der Waals surface area contributed by atoms with Crippen molar-refractivity contribution in [3.63, 3.8) is 0 Å². The highest BCUT2D eigenvalue weighted by atomic mass is 16.2. The van der Waals surface area contributed by atoms with E-state index < -0.39 is 0 Å². The van der Waals surface area contributed by atoms with Crippen molar-refractivity contribution in [1.82, 2.24) is 14.7 Å². The second-order valence-electron chi connectivity index (χ2n) is 4.10. The molecule has 2 rings (SSSR count). The molecule has 2 aliphatic rings. The van der Waals surface area contributed by atoms with Crippen molar-refractivity contribution in [3.8, 4) is 0 Å². The summed E-state index contributed by atoms with van der Waals surface area (Å²) in [5.41, 5.74) is 0. The Morgan fingerprint density at radius 2 is 2.00 bits per heavy atom. The third-order valence-electron chi connectivity index (χ3n) is 3.06. The molecule has 0 bridgehead atoms. The molecular formula is C9H17N3O. The quantitative estimate of drug-likeness (QED) is 0.531. The van der Waals surface area contributed by atoms with Crippen LogP contribution >= 0.6 is 0 Å². The fraction of sp³-hybridized carbons (Fsp3) is 0.889. The van der Waals surface area contributed by atoms with Crippen molar-refractivity contribution in [2.75, 3.05) is 40.3 Å². The zero-order chi connectivity index (χ0) is 9.42. The molecule has 0 saturated carbocycles. The molecule has 4 heteroatoms. The van der Waals surface area contributed by atoms with E-state index in [1.807, 2.05) is 16.8 Å². The van der Waals surface area contributed by atoms with Gasteiger partial charge in [-0.05, 0) is 13.5 Å². The highest BCUT2D eigenvalue weighted by molar-refractivity contribution is 5.75. The van der Waals surface area contributed by atoms with Crippen molar-refractivity contribution in [2.45, 2.75) is 12.5 Å². The van der Waals surface area contributed by atoms with Crippen molar-refractivity contribution in [2.24, 2.45) is 0 Å². The predicted octanol–water partition coefficient (Wildman–Crippen LogP) is 0.0579. The Morgan fingerprint density at radius 1 is 1.23 bits per heavy atom. The van der Waals surface area contributed by atoms with Gasteiger partial charge in [0.05, 0.1) is 0 Å². The predicted molar refractivity (Wildman–Crippen MR) is 50.6 cm³/mol. The number of carbonyl (C=O) groups excluding carboxylic acids is 1. The normalized spacial score (nSPS) is 30.6. The fourth-order valence-electron chi connectivity index (χ4n) is 2.17. The molecule has 2 heterocycles. The number of hydrogen-bond acceptors (Lipinski definition) is 2. The van der Waals surface area contributed by atoms with E-state index in [-0.39, 0.29) is 6.03 Å². The van der Waals surface area contributed by atoms with Crippen LogP contribution in [0.25, 0.3) is 0 Å². The van der Waals surface area contributed by atoms with Crippen LogP contribution in [0.3, 0.4) is 0 Å². The van der Waals surface area contributed by atoms with Crippen molar-refractivity contribution in [1.29, 1.82) is 0 Å². The second-order valence-corrected chi connectivity index (χ2v) is 4.10. The van der Waals surface area contributed by atoms with Crippen LogP contribution in [-0.2, 0) is 0 Å². The monoisotopic (exact) mass is 183 g/mol. The SMILES string of the molecule is CN1CCN2C(=O)N(C)CC[C@@H]2C1. The number of hydrogen-bond donors (Lipinski definition) is 0. The van der Waals surface area contributed by atoms with Gasteiger partial charge >= 0.3 is 6.03 Å². The van der Waals surface area contributed by atoms with Crippen LogP contribution in [0.1, 0.15) is 6.42 Å². The first-order chi connectivity index (χ1) is 6.18. The van der Waals surface area contributed by atoms with E-state index in [0.717, 1.165) is 32.6 Å². The summed E-state index contributed by atoms with van der Waals surface area (Å²) in [5.74, 6) is 0. The van der Waals surface area contributed by atoms with Gasteiger partial charge in [0.25, 0.3) is 0 Å². The van der Waals surface area contributed by atoms with Gasteiger partial charge in [0.2, 0.25) is 0 Å². The number of carbonyl (C=O) groups is 1. The van der Waals surface area contributed by atoms with E-state index >= 15 is 0 Å². The second kappa shape index (κ2) is 3.18. The van der Waals surface area contributed by atoms with Gasteiger partial charge in [-0.2, -0.15) is 0 Å². The standard InChI is InChI=1S/C9H17N3O/c1-10-5-6-12-8(7-10)3-4-11(2)9(12)13/h8H,3-7H2,1-2H3/t8-/m1/s1. The first-order valence-corrected chi connectivity index (χ1v) is 4.89. The molecule has 74 valence electrons. The molecule has 2 fully saturated rings. The Kier molecular flexibility index (Phi) is 2.15. The molecule has 0 unspecified atom stereocenters. The fourth-order valence-corrected chi connectivity index (χ4v) is 2.17. The zero-order valence-electron chi connectivity index (χ0n) is 8.36. The van der Waals surface area contributed by atoms with Crippen LogP contribution in [0.15, 0.2) is 0 Å². The highest BCUT2D eigenvalue weighted by Crippen LogP contribution is 2.18. The Morgan fingerprint density at radius 3 is 2.77 bits per heavy atom. The maximum Gasteiger partial charge on any atom is 0.320 e. The number of rotatable bonds is 0. The van der Waals surface area contributed by atoms with Gasteiger partial charge in [0, 0.05) is 39.3 Å². The van der Waals surface area contributed by atoms with Crippen molar-refractivity contribution in [3.05, 3.63) is 0 Å². The highest BCUT2D eigenvalue weighted by Gasteiger charge is 2.34. The minimum atomic E-state index is 0.212. The Labute approximate surface area is 79.1 Å². The van der Waals surface area contributed by atoms with Gasteiger partial charge < -0.3 is 14.7 Å². The van der Waals surface area contributed by atoms with Gasteiger partial charge in [-0.25, -0.2) is 4.79 Å². The van der Waals surface area contributed by atoms with Crippen molar-refractivity contribution < 1.29 is 4.79 Å². The molecule has 2 amide bonds. The van der Waals surface area contributed by atoms with E-state index in [1.54, 1.807) is 0 Å². The van der Waals surface area contributed by atoms with Crippen LogP contribution in [0, 0.1) is 0 Å². The topological polar surface area (TPSA) is 26.8 Å². The summed E-state index contributed by atoms with van der Waals surface area (Å²) in [7, 11) is 4.01. The molecule has 0 aromatic carbocycles. The third-order valence-corrected chi connectivity index (χ3v) is 3.06. The minimum absolute atomic E-state index is 0.212. The molecule has 1 atom stereocenters. The number of piperazine rings is 1. The molecule has 2 saturated heterocycles. The van der Waals surface area contributed by atoms with Crippen LogP contribution in [0.4, 0.5) is 4.79 Å². The van der Waals surface area contributed by atoms with Crippen LogP contribution in [0.5, 0.6) is 0 Å². The molecule has 13 heavy (non-hydrogen) atoms. The summed E-state index contributed by atoms with van der Waals surface area (Å²) in [6, 6.07) is 0.673. The summed E-state index contributed by atoms with van der Waals surface area (Å²) < 4.78 is 0. The summed E-state index contributed by atoms with van der Waals surface area (Å²) in [6.07, 6.45) is 1.12. The zero-order valence-corrected chi connectivity index (χ0v) is 8.36. The molecule has 2 aliphatic heterocycles. The number of likely N-dealkylation sites (N-methyl/N-ethyl adjacent to an activating group) is 1. The third kappa shape index (κ3) is 1.50. The minimum Gasteiger partial charge on any atom is -0.328 e. The average molecular weight is 183 g/mol. The molecule has 0 aromatic heterocycles. The van der Waals surface area contributed by atoms with Crippen LogP contribution in [0.2, 0.25) is 0 Å².